The van der Waals surface area contributed by atoms with Gasteiger partial charge in [-0.05, 0) is 42.3 Å². The van der Waals surface area contributed by atoms with E-state index in [1.165, 1.54) is 6.07 Å². The Labute approximate surface area is 177 Å². The molecule has 3 aromatic rings. The van der Waals surface area contributed by atoms with E-state index in [9.17, 15) is 9.50 Å². The third-order valence-corrected chi connectivity index (χ3v) is 4.91. The molecule has 0 saturated carbocycles. The van der Waals surface area contributed by atoms with Crippen LogP contribution in [0.5, 0.6) is 11.5 Å². The van der Waals surface area contributed by atoms with Crippen LogP contribution in [0.4, 0.5) is 4.39 Å². The Bertz CT molecular complexity index is 930. The summed E-state index contributed by atoms with van der Waals surface area (Å²) in [5, 5.41) is 10.6. The summed E-state index contributed by atoms with van der Waals surface area (Å²) >= 11 is 0. The maximum Gasteiger partial charge on any atom is 0.127 e. The first-order valence-corrected chi connectivity index (χ1v) is 10.0. The summed E-state index contributed by atoms with van der Waals surface area (Å²) in [4.78, 5) is 2.02. The number of para-hydroxylation sites is 1. The van der Waals surface area contributed by atoms with E-state index < -0.39 is 6.10 Å². The zero-order valence-corrected chi connectivity index (χ0v) is 17.4. The number of aliphatic hydroxyl groups excluding tert-OH is 1. The van der Waals surface area contributed by atoms with Gasteiger partial charge in [-0.3, -0.25) is 4.90 Å². The lowest BCUT2D eigenvalue weighted by Crippen LogP contribution is -2.35. The summed E-state index contributed by atoms with van der Waals surface area (Å²) < 4.78 is 25.2. The second kappa shape index (κ2) is 10.8. The fraction of sp³-hybridized carbons (Fsp3) is 0.280. The van der Waals surface area contributed by atoms with Gasteiger partial charge in [-0.25, -0.2) is 4.39 Å². The fourth-order valence-corrected chi connectivity index (χ4v) is 3.30. The smallest absolute Gasteiger partial charge is 0.127 e. The Balaban J connectivity index is 1.67. The van der Waals surface area contributed by atoms with Crippen LogP contribution in [-0.4, -0.2) is 36.4 Å². The van der Waals surface area contributed by atoms with Gasteiger partial charge in [-0.1, -0.05) is 48.5 Å². The Hall–Kier alpha value is -2.89. The van der Waals surface area contributed by atoms with E-state index in [1.54, 1.807) is 19.2 Å². The van der Waals surface area contributed by atoms with Crippen molar-refractivity contribution in [3.8, 4) is 11.5 Å². The molecule has 0 saturated heterocycles. The molecule has 4 nitrogen and oxygen atoms in total. The van der Waals surface area contributed by atoms with Crippen LogP contribution in [-0.2, 0) is 13.1 Å². The number of halogens is 1. The number of rotatable bonds is 10. The summed E-state index contributed by atoms with van der Waals surface area (Å²) in [6.45, 7) is 3.45. The molecule has 1 N–H and O–H groups in total. The van der Waals surface area contributed by atoms with Crippen molar-refractivity contribution in [3.05, 3.63) is 95.3 Å². The van der Waals surface area contributed by atoms with Gasteiger partial charge in [0.1, 0.15) is 30.0 Å². The molecule has 0 fully saturated rings. The molecular formula is C25H28FNO3. The minimum Gasteiger partial charge on any atom is -0.497 e. The highest BCUT2D eigenvalue weighted by Crippen LogP contribution is 2.18. The average molecular weight is 410 g/mol. The van der Waals surface area contributed by atoms with Crippen LogP contribution in [0.25, 0.3) is 0 Å². The van der Waals surface area contributed by atoms with Crippen LogP contribution in [0.15, 0.2) is 72.8 Å². The lowest BCUT2D eigenvalue weighted by molar-refractivity contribution is 0.0622. The molecule has 0 aromatic heterocycles. The van der Waals surface area contributed by atoms with E-state index in [1.807, 2.05) is 66.4 Å². The zero-order chi connectivity index (χ0) is 21.3. The van der Waals surface area contributed by atoms with Gasteiger partial charge >= 0.3 is 0 Å². The molecule has 0 aliphatic heterocycles. The second-order valence-electron chi connectivity index (χ2n) is 7.34. The quantitative estimate of drug-likeness (QED) is 0.532. The number of ether oxygens (including phenoxy) is 2. The molecule has 0 bridgehead atoms. The molecule has 5 heteroatoms. The predicted molar refractivity (Wildman–Crippen MR) is 116 cm³/mol. The van der Waals surface area contributed by atoms with Gasteiger partial charge in [0.2, 0.25) is 0 Å². The van der Waals surface area contributed by atoms with Crippen LogP contribution >= 0.6 is 0 Å². The topological polar surface area (TPSA) is 41.9 Å². The molecule has 0 aliphatic carbocycles. The lowest BCUT2D eigenvalue weighted by Gasteiger charge is -2.26. The number of aryl methyl sites for hydroxylation is 1. The molecule has 0 heterocycles. The zero-order valence-electron chi connectivity index (χ0n) is 17.4. The molecule has 1 atom stereocenters. The standard InChI is InChI=1S/C25H28FNO3/c1-19-7-3-6-10-25(19)30-18-22(28)17-27(16-21-8-4-5-9-24(21)26)15-20-11-13-23(29-2)14-12-20/h3-14,22,28H,15-18H2,1-2H3. The van der Waals surface area contributed by atoms with E-state index >= 15 is 0 Å². The first-order valence-electron chi connectivity index (χ1n) is 10.0. The van der Waals surface area contributed by atoms with Crippen molar-refractivity contribution in [1.29, 1.82) is 0 Å². The van der Waals surface area contributed by atoms with Gasteiger partial charge in [0, 0.05) is 25.2 Å². The minimum absolute atomic E-state index is 0.168. The SMILES string of the molecule is COc1ccc(CN(Cc2ccccc2F)CC(O)COc2ccccc2C)cc1. The molecule has 0 spiro atoms. The number of hydrogen-bond acceptors (Lipinski definition) is 4. The lowest BCUT2D eigenvalue weighted by atomic mass is 10.1. The third kappa shape index (κ3) is 6.31. The highest BCUT2D eigenvalue weighted by atomic mass is 19.1. The van der Waals surface area contributed by atoms with E-state index in [0.717, 1.165) is 22.6 Å². The normalized spacial score (nSPS) is 12.0. The Morgan fingerprint density at radius 1 is 0.933 bits per heavy atom. The summed E-state index contributed by atoms with van der Waals surface area (Å²) in [5.41, 5.74) is 2.67. The maximum absolute atomic E-state index is 14.2. The fourth-order valence-electron chi connectivity index (χ4n) is 3.30. The first kappa shape index (κ1) is 21.8. The minimum atomic E-state index is -0.713. The summed E-state index contributed by atoms with van der Waals surface area (Å²) in [5.74, 6) is 1.29. The van der Waals surface area contributed by atoms with Crippen molar-refractivity contribution in [1.82, 2.24) is 4.90 Å². The summed E-state index contributed by atoms with van der Waals surface area (Å²) in [6.07, 6.45) is -0.713. The van der Waals surface area contributed by atoms with Gasteiger partial charge in [0.15, 0.2) is 0 Å². The highest BCUT2D eigenvalue weighted by Gasteiger charge is 2.16. The summed E-state index contributed by atoms with van der Waals surface area (Å²) in [6, 6.07) is 22.2. The van der Waals surface area contributed by atoms with Gasteiger partial charge in [0.25, 0.3) is 0 Å². The maximum atomic E-state index is 14.2. The molecule has 1 unspecified atom stereocenters. The third-order valence-electron chi connectivity index (χ3n) is 4.91. The van der Waals surface area contributed by atoms with Gasteiger partial charge in [-0.2, -0.15) is 0 Å². The first-order chi connectivity index (χ1) is 14.5. The molecule has 0 amide bonds. The second-order valence-corrected chi connectivity index (χ2v) is 7.34. The van der Waals surface area contributed by atoms with Crippen LogP contribution in [0.1, 0.15) is 16.7 Å². The predicted octanol–water partition coefficient (Wildman–Crippen LogP) is 4.58. The monoisotopic (exact) mass is 409 g/mol. The highest BCUT2D eigenvalue weighted by molar-refractivity contribution is 5.31. The molecular weight excluding hydrogens is 381 g/mol. The van der Waals surface area contributed by atoms with E-state index in [2.05, 4.69) is 0 Å². The van der Waals surface area contributed by atoms with Crippen molar-refractivity contribution in [2.75, 3.05) is 20.3 Å². The number of nitrogens with zero attached hydrogens (tertiary/aromatic N) is 1. The van der Waals surface area contributed by atoms with Crippen molar-refractivity contribution < 1.29 is 19.0 Å². The number of aliphatic hydroxyl groups is 1. The Morgan fingerprint density at radius 2 is 1.63 bits per heavy atom. The molecule has 0 aliphatic rings. The Kier molecular flexibility index (Phi) is 7.82. The van der Waals surface area contributed by atoms with E-state index in [0.29, 0.717) is 25.2 Å². The molecule has 3 rings (SSSR count). The van der Waals surface area contributed by atoms with Crippen LogP contribution < -0.4 is 9.47 Å². The summed E-state index contributed by atoms with van der Waals surface area (Å²) in [7, 11) is 1.63. The number of benzene rings is 3. The largest absolute Gasteiger partial charge is 0.497 e. The number of hydrogen-bond donors (Lipinski definition) is 1. The van der Waals surface area contributed by atoms with E-state index in [-0.39, 0.29) is 12.4 Å². The molecule has 3 aromatic carbocycles. The molecule has 158 valence electrons. The number of methoxy groups -OCH3 is 1. The molecule has 0 radical (unpaired) electrons. The van der Waals surface area contributed by atoms with Crippen molar-refractivity contribution in [2.24, 2.45) is 0 Å². The van der Waals surface area contributed by atoms with Crippen LogP contribution in [0.2, 0.25) is 0 Å². The van der Waals surface area contributed by atoms with Crippen molar-refractivity contribution in [3.63, 3.8) is 0 Å². The van der Waals surface area contributed by atoms with Gasteiger partial charge < -0.3 is 14.6 Å². The average Bonchev–Trinajstić information content (AvgIpc) is 2.75. The van der Waals surface area contributed by atoms with E-state index in [4.69, 9.17) is 9.47 Å². The van der Waals surface area contributed by atoms with Gasteiger partial charge in [0.05, 0.1) is 7.11 Å². The van der Waals surface area contributed by atoms with Crippen LogP contribution in [0, 0.1) is 12.7 Å². The van der Waals surface area contributed by atoms with Crippen molar-refractivity contribution >= 4 is 0 Å². The Morgan fingerprint density at radius 3 is 2.33 bits per heavy atom. The molecule has 30 heavy (non-hydrogen) atoms. The van der Waals surface area contributed by atoms with Crippen molar-refractivity contribution in [2.45, 2.75) is 26.1 Å². The van der Waals surface area contributed by atoms with Crippen LogP contribution in [0.3, 0.4) is 0 Å². The van der Waals surface area contributed by atoms with Gasteiger partial charge in [-0.15, -0.1) is 0 Å².